The van der Waals surface area contributed by atoms with Crippen LogP contribution in [0.1, 0.15) is 19.4 Å². The minimum Gasteiger partial charge on any atom is -0.310 e. The lowest BCUT2D eigenvalue weighted by molar-refractivity contribution is 0.447. The maximum absolute atomic E-state index is 13.1. The Balaban J connectivity index is 2.22. The van der Waals surface area contributed by atoms with Gasteiger partial charge in [0.15, 0.2) is 23.3 Å². The number of nitrogens with zero attached hydrogens (tertiary/aromatic N) is 2. The quantitative estimate of drug-likeness (QED) is 0.875. The molecule has 6 heteroatoms. The lowest BCUT2D eigenvalue weighted by Gasteiger charge is -2.08. The van der Waals surface area contributed by atoms with Gasteiger partial charge >= 0.3 is 0 Å². The zero-order valence-electron chi connectivity index (χ0n) is 11.1. The van der Waals surface area contributed by atoms with Gasteiger partial charge in [0.1, 0.15) is 0 Å². The maximum Gasteiger partial charge on any atom is 0.194 e. The molecule has 1 N–H and O–H groups in total. The Labute approximate surface area is 114 Å². The van der Waals surface area contributed by atoms with Crippen molar-refractivity contribution in [1.29, 1.82) is 0 Å². The van der Waals surface area contributed by atoms with Gasteiger partial charge in [-0.05, 0) is 12.1 Å². The van der Waals surface area contributed by atoms with Crippen LogP contribution < -0.4 is 5.32 Å². The lowest BCUT2D eigenvalue weighted by atomic mass is 10.2. The largest absolute Gasteiger partial charge is 0.310 e. The highest BCUT2D eigenvalue weighted by Gasteiger charge is 2.13. The second-order valence-electron chi connectivity index (χ2n) is 4.70. The number of hydrogen-bond donors (Lipinski definition) is 1. The van der Waals surface area contributed by atoms with Gasteiger partial charge in [0.05, 0.1) is 0 Å². The monoisotopic (exact) mass is 281 g/mol. The summed E-state index contributed by atoms with van der Waals surface area (Å²) in [6, 6.07) is 2.08. The van der Waals surface area contributed by atoms with Crippen molar-refractivity contribution in [2.75, 3.05) is 0 Å². The second-order valence-corrected chi connectivity index (χ2v) is 4.70. The van der Waals surface area contributed by atoms with E-state index in [4.69, 9.17) is 0 Å². The summed E-state index contributed by atoms with van der Waals surface area (Å²) in [5, 5.41) is 3.20. The molecule has 3 nitrogen and oxygen atoms in total. The molecule has 1 heterocycles. The molecule has 1 aromatic carbocycles. The Morgan fingerprint density at radius 1 is 1.05 bits per heavy atom. The molecule has 1 aromatic heterocycles. The SMILES string of the molecule is CC(C)NCc1cnc(-c2cc(F)c(F)c(F)c2)nc1. The van der Waals surface area contributed by atoms with Gasteiger partial charge in [-0.2, -0.15) is 0 Å². The van der Waals surface area contributed by atoms with E-state index < -0.39 is 17.5 Å². The standard InChI is InChI=1S/C14H14F3N3/c1-8(2)18-5-9-6-19-14(20-7-9)10-3-11(15)13(17)12(16)4-10/h3-4,6-8,18H,5H2,1-2H3. The minimum absolute atomic E-state index is 0.102. The van der Waals surface area contributed by atoms with Gasteiger partial charge in [-0.3, -0.25) is 0 Å². The van der Waals surface area contributed by atoms with E-state index in [-0.39, 0.29) is 11.4 Å². The first-order chi connectivity index (χ1) is 9.47. The maximum atomic E-state index is 13.1. The molecule has 0 saturated carbocycles. The molecule has 2 rings (SSSR count). The van der Waals surface area contributed by atoms with E-state index in [9.17, 15) is 13.2 Å². The van der Waals surface area contributed by atoms with E-state index in [1.807, 2.05) is 13.8 Å². The Bertz CT molecular complexity index is 574. The van der Waals surface area contributed by atoms with E-state index in [0.29, 0.717) is 12.6 Å². The minimum atomic E-state index is -1.49. The zero-order chi connectivity index (χ0) is 14.7. The molecule has 0 aliphatic heterocycles. The Morgan fingerprint density at radius 3 is 2.10 bits per heavy atom. The zero-order valence-corrected chi connectivity index (χ0v) is 11.1. The lowest BCUT2D eigenvalue weighted by Crippen LogP contribution is -2.21. The van der Waals surface area contributed by atoms with E-state index in [0.717, 1.165) is 17.7 Å². The van der Waals surface area contributed by atoms with Crippen LogP contribution in [0.2, 0.25) is 0 Å². The van der Waals surface area contributed by atoms with E-state index in [1.54, 1.807) is 12.4 Å². The normalized spacial score (nSPS) is 11.1. The van der Waals surface area contributed by atoms with E-state index in [2.05, 4.69) is 15.3 Å². The molecule has 0 atom stereocenters. The van der Waals surface area contributed by atoms with E-state index >= 15 is 0 Å². The number of halogens is 3. The van der Waals surface area contributed by atoms with Crippen LogP contribution in [0, 0.1) is 17.5 Å². The van der Waals surface area contributed by atoms with Crippen molar-refractivity contribution < 1.29 is 13.2 Å². The Kier molecular flexibility index (Phi) is 4.34. The molecule has 0 radical (unpaired) electrons. The molecular formula is C14H14F3N3. The van der Waals surface area contributed by atoms with Crippen LogP contribution in [0.15, 0.2) is 24.5 Å². The van der Waals surface area contributed by atoms with E-state index in [1.165, 1.54) is 0 Å². The van der Waals surface area contributed by atoms with Crippen LogP contribution in [0.3, 0.4) is 0 Å². The highest BCUT2D eigenvalue weighted by atomic mass is 19.2. The third kappa shape index (κ3) is 3.33. The van der Waals surface area contributed by atoms with Gasteiger partial charge in [0.2, 0.25) is 0 Å². The van der Waals surface area contributed by atoms with Crippen molar-refractivity contribution in [3.63, 3.8) is 0 Å². The summed E-state index contributed by atoms with van der Waals surface area (Å²) in [5.74, 6) is -3.86. The molecule has 0 spiro atoms. The number of aromatic nitrogens is 2. The molecule has 0 fully saturated rings. The molecule has 2 aromatic rings. The summed E-state index contributed by atoms with van der Waals surface area (Å²) < 4.78 is 39.1. The van der Waals surface area contributed by atoms with Gasteiger partial charge in [-0.1, -0.05) is 13.8 Å². The van der Waals surface area contributed by atoms with Crippen molar-refractivity contribution in [3.05, 3.63) is 47.5 Å². The van der Waals surface area contributed by atoms with Crippen LogP contribution in [0.5, 0.6) is 0 Å². The fourth-order valence-electron chi connectivity index (χ4n) is 1.60. The fourth-order valence-corrected chi connectivity index (χ4v) is 1.60. The molecule has 0 unspecified atom stereocenters. The van der Waals surface area contributed by atoms with Crippen LogP contribution in [-0.4, -0.2) is 16.0 Å². The van der Waals surface area contributed by atoms with Crippen molar-refractivity contribution in [3.8, 4) is 11.4 Å². The van der Waals surface area contributed by atoms with Crippen LogP contribution >= 0.6 is 0 Å². The average Bonchev–Trinajstić information content (AvgIpc) is 2.42. The number of benzene rings is 1. The summed E-state index contributed by atoms with van der Waals surface area (Å²) in [5.41, 5.74) is 0.954. The first-order valence-corrected chi connectivity index (χ1v) is 6.16. The van der Waals surface area contributed by atoms with Crippen LogP contribution in [-0.2, 0) is 6.54 Å². The molecular weight excluding hydrogens is 267 g/mol. The first kappa shape index (κ1) is 14.5. The molecule has 0 bridgehead atoms. The van der Waals surface area contributed by atoms with Gasteiger partial charge < -0.3 is 5.32 Å². The summed E-state index contributed by atoms with van der Waals surface area (Å²) in [7, 11) is 0. The Morgan fingerprint density at radius 2 is 1.60 bits per heavy atom. The number of rotatable bonds is 4. The van der Waals surface area contributed by atoms with Crippen LogP contribution in [0.25, 0.3) is 11.4 Å². The third-order valence-electron chi connectivity index (χ3n) is 2.66. The number of hydrogen-bond acceptors (Lipinski definition) is 3. The highest BCUT2D eigenvalue weighted by Crippen LogP contribution is 2.20. The summed E-state index contributed by atoms with van der Waals surface area (Å²) in [6.45, 7) is 4.63. The molecule has 0 amide bonds. The molecule has 0 aliphatic carbocycles. The molecule has 20 heavy (non-hydrogen) atoms. The summed E-state index contributed by atoms with van der Waals surface area (Å²) >= 11 is 0. The van der Waals surface area contributed by atoms with Crippen molar-refractivity contribution in [2.24, 2.45) is 0 Å². The van der Waals surface area contributed by atoms with Crippen molar-refractivity contribution in [2.45, 2.75) is 26.4 Å². The predicted molar refractivity (Wildman–Crippen MR) is 69.3 cm³/mol. The number of nitrogens with one attached hydrogen (secondary N) is 1. The third-order valence-corrected chi connectivity index (χ3v) is 2.66. The highest BCUT2D eigenvalue weighted by molar-refractivity contribution is 5.54. The van der Waals surface area contributed by atoms with Gasteiger partial charge in [0.25, 0.3) is 0 Å². The molecule has 0 aliphatic rings. The second kappa shape index (κ2) is 6.00. The smallest absolute Gasteiger partial charge is 0.194 e. The molecule has 106 valence electrons. The Hall–Kier alpha value is -1.95. The van der Waals surface area contributed by atoms with Gasteiger partial charge in [0, 0.05) is 36.1 Å². The first-order valence-electron chi connectivity index (χ1n) is 6.16. The van der Waals surface area contributed by atoms with Crippen molar-refractivity contribution >= 4 is 0 Å². The van der Waals surface area contributed by atoms with Gasteiger partial charge in [-0.15, -0.1) is 0 Å². The average molecular weight is 281 g/mol. The fraction of sp³-hybridized carbons (Fsp3) is 0.286. The summed E-state index contributed by atoms with van der Waals surface area (Å²) in [4.78, 5) is 8.06. The topological polar surface area (TPSA) is 37.8 Å². The summed E-state index contributed by atoms with van der Waals surface area (Å²) in [6.07, 6.45) is 3.13. The van der Waals surface area contributed by atoms with Crippen LogP contribution in [0.4, 0.5) is 13.2 Å². The van der Waals surface area contributed by atoms with Gasteiger partial charge in [-0.25, -0.2) is 23.1 Å². The predicted octanol–water partition coefficient (Wildman–Crippen LogP) is 3.06. The van der Waals surface area contributed by atoms with Crippen molar-refractivity contribution in [1.82, 2.24) is 15.3 Å². The molecule has 0 saturated heterocycles.